The number of ether oxygens (including phenoxy) is 1. The molecule has 162 valence electrons. The van der Waals surface area contributed by atoms with Crippen LogP contribution in [0.5, 0.6) is 0 Å². The Morgan fingerprint density at radius 3 is 2.45 bits per heavy atom. The van der Waals surface area contributed by atoms with Crippen LogP contribution in [-0.4, -0.2) is 47.0 Å². The lowest BCUT2D eigenvalue weighted by molar-refractivity contribution is -0.137. The predicted molar refractivity (Wildman–Crippen MR) is 109 cm³/mol. The van der Waals surface area contributed by atoms with Gasteiger partial charge in [-0.15, -0.1) is 10.2 Å². The molecule has 2 heterocycles. The Labute approximate surface area is 180 Å². The number of nitrogens with one attached hydrogen (secondary N) is 1. The predicted octanol–water partition coefficient (Wildman–Crippen LogP) is 4.03. The van der Waals surface area contributed by atoms with E-state index in [0.717, 1.165) is 12.1 Å². The minimum Gasteiger partial charge on any atom is -0.378 e. The lowest BCUT2D eigenvalue weighted by Gasteiger charge is -2.31. The normalized spacial score (nSPS) is 14.5. The van der Waals surface area contributed by atoms with Gasteiger partial charge in [0.05, 0.1) is 40.7 Å². The smallest absolute Gasteiger partial charge is 0.378 e. The number of hydrogen-bond donors (Lipinski definition) is 1. The van der Waals surface area contributed by atoms with Crippen LogP contribution in [-0.2, 0) is 10.9 Å². The summed E-state index contributed by atoms with van der Waals surface area (Å²) < 4.78 is 46.8. The van der Waals surface area contributed by atoms with E-state index in [1.54, 1.807) is 10.6 Å². The third-order valence-corrected chi connectivity index (χ3v) is 5.16. The number of anilines is 2. The number of hydrogen-bond acceptors (Lipinski definition) is 5. The number of carbonyl (C=O) groups is 1. The molecule has 1 aliphatic rings. The zero-order valence-electron chi connectivity index (χ0n) is 16.1. The van der Waals surface area contributed by atoms with Crippen molar-refractivity contribution in [2.45, 2.75) is 6.18 Å². The molecule has 0 bridgehead atoms. The highest BCUT2D eigenvalue weighted by Gasteiger charge is 2.32. The Hall–Kier alpha value is -3.11. The van der Waals surface area contributed by atoms with E-state index in [1.807, 2.05) is 4.90 Å². The van der Waals surface area contributed by atoms with Crippen molar-refractivity contribution in [1.29, 1.82) is 0 Å². The first kappa shape index (κ1) is 21.1. The fourth-order valence-corrected chi connectivity index (χ4v) is 3.47. The van der Waals surface area contributed by atoms with Crippen molar-refractivity contribution in [2.75, 3.05) is 36.5 Å². The van der Waals surface area contributed by atoms with Crippen molar-refractivity contribution < 1.29 is 22.7 Å². The molecule has 0 spiro atoms. The quantitative estimate of drug-likeness (QED) is 0.648. The monoisotopic (exact) mass is 451 g/mol. The minimum absolute atomic E-state index is 0.0486. The lowest BCUT2D eigenvalue weighted by atomic mass is 10.1. The summed E-state index contributed by atoms with van der Waals surface area (Å²) >= 11 is 6.20. The van der Waals surface area contributed by atoms with Gasteiger partial charge in [-0.2, -0.15) is 13.2 Å². The molecule has 1 amide bonds. The van der Waals surface area contributed by atoms with Crippen LogP contribution in [0.2, 0.25) is 5.02 Å². The second-order valence-corrected chi connectivity index (χ2v) is 7.22. The molecule has 1 fully saturated rings. The molecule has 0 unspecified atom stereocenters. The number of benzene rings is 2. The second-order valence-electron chi connectivity index (χ2n) is 6.82. The summed E-state index contributed by atoms with van der Waals surface area (Å²) in [7, 11) is 0. The van der Waals surface area contributed by atoms with Gasteiger partial charge in [-0.3, -0.25) is 9.36 Å². The van der Waals surface area contributed by atoms with Gasteiger partial charge in [0.25, 0.3) is 5.91 Å². The zero-order valence-corrected chi connectivity index (χ0v) is 16.8. The van der Waals surface area contributed by atoms with Gasteiger partial charge in [-0.05, 0) is 36.4 Å². The Morgan fingerprint density at radius 1 is 1.06 bits per heavy atom. The number of morpholine rings is 1. The van der Waals surface area contributed by atoms with E-state index < -0.39 is 17.6 Å². The van der Waals surface area contributed by atoms with E-state index in [9.17, 15) is 18.0 Å². The molecule has 3 aromatic rings. The maximum absolute atomic E-state index is 13.3. The van der Waals surface area contributed by atoms with E-state index >= 15 is 0 Å². The van der Waals surface area contributed by atoms with E-state index in [1.165, 1.54) is 30.9 Å². The standard InChI is InChI=1S/C20H17ClF3N5O2/c21-16-3-2-14(29-11-25-26-12-29)10-15(16)19(30)27-17-9-13(20(22,23)24)1-4-18(17)28-5-7-31-8-6-28/h1-4,9-12H,5-8H2,(H,27,30). The number of alkyl halides is 3. The van der Waals surface area contributed by atoms with Gasteiger partial charge in [0.1, 0.15) is 12.7 Å². The van der Waals surface area contributed by atoms with E-state index in [-0.39, 0.29) is 16.3 Å². The molecule has 1 N–H and O–H groups in total. The van der Waals surface area contributed by atoms with E-state index in [2.05, 4.69) is 15.5 Å². The number of amides is 1. The molecule has 11 heteroatoms. The zero-order chi connectivity index (χ0) is 22.0. The van der Waals surface area contributed by atoms with Crippen LogP contribution >= 0.6 is 11.6 Å². The first-order valence-corrected chi connectivity index (χ1v) is 9.70. The van der Waals surface area contributed by atoms with Crippen molar-refractivity contribution in [1.82, 2.24) is 14.8 Å². The van der Waals surface area contributed by atoms with Crippen LogP contribution in [0.4, 0.5) is 24.5 Å². The molecule has 0 atom stereocenters. The topological polar surface area (TPSA) is 72.3 Å². The summed E-state index contributed by atoms with van der Waals surface area (Å²) in [6.45, 7) is 1.89. The average Bonchev–Trinajstić information content (AvgIpc) is 3.29. The summed E-state index contributed by atoms with van der Waals surface area (Å²) in [6.07, 6.45) is -1.64. The molecule has 0 saturated carbocycles. The Bertz CT molecular complexity index is 1080. The Morgan fingerprint density at radius 2 is 1.77 bits per heavy atom. The van der Waals surface area contributed by atoms with Crippen molar-refractivity contribution in [3.05, 3.63) is 65.2 Å². The molecule has 1 aliphatic heterocycles. The summed E-state index contributed by atoms with van der Waals surface area (Å²) in [4.78, 5) is 14.9. The summed E-state index contributed by atoms with van der Waals surface area (Å²) in [5.41, 5.74) is 0.363. The third-order valence-electron chi connectivity index (χ3n) is 4.84. The van der Waals surface area contributed by atoms with Crippen LogP contribution in [0.25, 0.3) is 5.69 Å². The summed E-state index contributed by atoms with van der Waals surface area (Å²) in [6, 6.07) is 8.01. The van der Waals surface area contributed by atoms with Gasteiger partial charge in [0.15, 0.2) is 0 Å². The second kappa shape index (κ2) is 8.56. The Balaban J connectivity index is 1.69. The molecule has 0 aliphatic carbocycles. The maximum Gasteiger partial charge on any atom is 0.416 e. The molecular weight excluding hydrogens is 435 g/mol. The van der Waals surface area contributed by atoms with Crippen LogP contribution < -0.4 is 10.2 Å². The van der Waals surface area contributed by atoms with Crippen LogP contribution in [0, 0.1) is 0 Å². The highest BCUT2D eigenvalue weighted by Crippen LogP contribution is 2.36. The largest absolute Gasteiger partial charge is 0.416 e. The first-order valence-electron chi connectivity index (χ1n) is 9.33. The first-order chi connectivity index (χ1) is 14.8. The number of halogens is 4. The van der Waals surface area contributed by atoms with Crippen LogP contribution in [0.3, 0.4) is 0 Å². The molecule has 7 nitrogen and oxygen atoms in total. The molecule has 0 radical (unpaired) electrons. The number of carbonyl (C=O) groups excluding carboxylic acids is 1. The maximum atomic E-state index is 13.3. The summed E-state index contributed by atoms with van der Waals surface area (Å²) in [5, 5.41) is 10.2. The van der Waals surface area contributed by atoms with Gasteiger partial charge in [0.2, 0.25) is 0 Å². The minimum atomic E-state index is -4.55. The van der Waals surface area contributed by atoms with Gasteiger partial charge < -0.3 is 15.0 Å². The molecule has 31 heavy (non-hydrogen) atoms. The van der Waals surface area contributed by atoms with E-state index in [0.29, 0.717) is 37.7 Å². The fourth-order valence-electron chi connectivity index (χ4n) is 3.26. The van der Waals surface area contributed by atoms with Gasteiger partial charge in [-0.25, -0.2) is 0 Å². The summed E-state index contributed by atoms with van der Waals surface area (Å²) in [5.74, 6) is -0.631. The van der Waals surface area contributed by atoms with Crippen LogP contribution in [0.1, 0.15) is 15.9 Å². The van der Waals surface area contributed by atoms with E-state index in [4.69, 9.17) is 16.3 Å². The van der Waals surface area contributed by atoms with Crippen molar-refractivity contribution in [2.24, 2.45) is 0 Å². The Kier molecular flexibility index (Phi) is 5.84. The molecule has 1 saturated heterocycles. The lowest BCUT2D eigenvalue weighted by Crippen LogP contribution is -2.36. The third kappa shape index (κ3) is 4.64. The SMILES string of the molecule is O=C(Nc1cc(C(F)(F)F)ccc1N1CCOCC1)c1cc(-n2cnnc2)ccc1Cl. The molecule has 2 aromatic carbocycles. The fraction of sp³-hybridized carbons (Fsp3) is 0.250. The highest BCUT2D eigenvalue weighted by molar-refractivity contribution is 6.34. The van der Waals surface area contributed by atoms with Crippen molar-refractivity contribution in [3.63, 3.8) is 0 Å². The average molecular weight is 452 g/mol. The van der Waals surface area contributed by atoms with Gasteiger partial charge >= 0.3 is 6.18 Å². The molecular formula is C20H17ClF3N5O2. The molecule has 1 aromatic heterocycles. The van der Waals surface area contributed by atoms with Gasteiger partial charge in [0, 0.05) is 18.8 Å². The molecule has 4 rings (SSSR count). The van der Waals surface area contributed by atoms with Crippen molar-refractivity contribution in [3.8, 4) is 5.69 Å². The number of rotatable bonds is 4. The number of aromatic nitrogens is 3. The highest BCUT2D eigenvalue weighted by atomic mass is 35.5. The van der Waals surface area contributed by atoms with Gasteiger partial charge in [-0.1, -0.05) is 11.6 Å². The van der Waals surface area contributed by atoms with Crippen LogP contribution in [0.15, 0.2) is 49.1 Å². The van der Waals surface area contributed by atoms with Crippen molar-refractivity contribution >= 4 is 28.9 Å². The number of nitrogens with zero attached hydrogens (tertiary/aromatic N) is 4.